The van der Waals surface area contributed by atoms with E-state index in [0.717, 1.165) is 23.1 Å². The Hall–Kier alpha value is -3.08. The lowest BCUT2D eigenvalue weighted by Crippen LogP contribution is -2.23. The monoisotopic (exact) mass is 336 g/mol. The van der Waals surface area contributed by atoms with Crippen LogP contribution in [0.5, 0.6) is 5.75 Å². The number of carbonyl (C=O) groups is 2. The van der Waals surface area contributed by atoms with Crippen molar-refractivity contribution < 1.29 is 14.3 Å². The van der Waals surface area contributed by atoms with Gasteiger partial charge in [-0.2, -0.15) is 0 Å². The molecule has 0 spiro atoms. The summed E-state index contributed by atoms with van der Waals surface area (Å²) in [6.45, 7) is 3.92. The first-order valence-electron chi connectivity index (χ1n) is 8.14. The van der Waals surface area contributed by atoms with Crippen LogP contribution >= 0.6 is 0 Å². The predicted molar refractivity (Wildman–Crippen MR) is 98.4 cm³/mol. The smallest absolute Gasteiger partial charge is 0.296 e. The van der Waals surface area contributed by atoms with E-state index in [1.165, 1.54) is 0 Å². The molecule has 5 heteroatoms. The molecular weight excluding hydrogens is 316 g/mol. The predicted octanol–water partition coefficient (Wildman–Crippen LogP) is 3.87. The number of para-hydroxylation sites is 1. The summed E-state index contributed by atoms with van der Waals surface area (Å²) in [4.78, 5) is 28.2. The van der Waals surface area contributed by atoms with Gasteiger partial charge in [0.1, 0.15) is 5.75 Å². The number of carbonyl (C=O) groups excluding carboxylic acids is 2. The van der Waals surface area contributed by atoms with Gasteiger partial charge in [0.05, 0.1) is 12.7 Å². The number of anilines is 1. The molecule has 0 aliphatic rings. The zero-order valence-electron chi connectivity index (χ0n) is 14.5. The second-order valence-corrected chi connectivity index (χ2v) is 5.86. The minimum Gasteiger partial charge on any atom is -0.497 e. The van der Waals surface area contributed by atoms with Crippen molar-refractivity contribution in [1.82, 2.24) is 4.98 Å². The highest BCUT2D eigenvalue weighted by Gasteiger charge is 2.21. The molecule has 1 aromatic heterocycles. The Morgan fingerprint density at radius 1 is 1.20 bits per heavy atom. The van der Waals surface area contributed by atoms with Crippen LogP contribution in [-0.4, -0.2) is 23.8 Å². The Morgan fingerprint density at radius 3 is 2.72 bits per heavy atom. The number of aromatic nitrogens is 1. The molecule has 0 atom stereocenters. The Labute approximate surface area is 146 Å². The van der Waals surface area contributed by atoms with Crippen LogP contribution in [0.4, 0.5) is 5.69 Å². The van der Waals surface area contributed by atoms with Crippen LogP contribution in [0.1, 0.15) is 28.4 Å². The van der Waals surface area contributed by atoms with Gasteiger partial charge in [0.2, 0.25) is 0 Å². The van der Waals surface area contributed by atoms with E-state index in [0.29, 0.717) is 22.4 Å². The standard InChI is InChI=1S/C20H20N2O3/c1-4-13-7-5-6-12(2)18(13)22-20(24)19(23)16-11-21-17-9-8-14(25-3)10-15(16)17/h5-11,21H,4H2,1-3H3,(H,22,24). The molecule has 0 saturated carbocycles. The molecule has 1 amide bonds. The number of Topliss-reactive ketones (excluding diaryl/α,β-unsaturated/α-hetero) is 1. The highest BCUT2D eigenvalue weighted by atomic mass is 16.5. The topological polar surface area (TPSA) is 71.2 Å². The first-order chi connectivity index (χ1) is 12.0. The summed E-state index contributed by atoms with van der Waals surface area (Å²) in [5.41, 5.74) is 3.75. The Bertz CT molecular complexity index is 957. The highest BCUT2D eigenvalue weighted by Crippen LogP contribution is 2.25. The number of nitrogens with one attached hydrogen (secondary N) is 2. The van der Waals surface area contributed by atoms with Crippen LogP contribution < -0.4 is 10.1 Å². The van der Waals surface area contributed by atoms with Gasteiger partial charge in [-0.05, 0) is 42.7 Å². The maximum Gasteiger partial charge on any atom is 0.296 e. The molecule has 0 saturated heterocycles. The number of methoxy groups -OCH3 is 1. The van der Waals surface area contributed by atoms with Gasteiger partial charge in [0.25, 0.3) is 11.7 Å². The average Bonchev–Trinajstić information content (AvgIpc) is 3.05. The maximum absolute atomic E-state index is 12.7. The van der Waals surface area contributed by atoms with Gasteiger partial charge in [-0.1, -0.05) is 25.1 Å². The molecule has 0 bridgehead atoms. The Morgan fingerprint density at radius 2 is 2.00 bits per heavy atom. The number of amides is 1. The van der Waals surface area contributed by atoms with E-state index in [4.69, 9.17) is 4.74 Å². The fourth-order valence-electron chi connectivity index (χ4n) is 2.91. The van der Waals surface area contributed by atoms with Gasteiger partial charge in [-0.3, -0.25) is 9.59 Å². The first-order valence-corrected chi connectivity index (χ1v) is 8.14. The van der Waals surface area contributed by atoms with Crippen molar-refractivity contribution in [2.75, 3.05) is 12.4 Å². The number of H-pyrrole nitrogens is 1. The minimum atomic E-state index is -0.646. The summed E-state index contributed by atoms with van der Waals surface area (Å²) >= 11 is 0. The van der Waals surface area contributed by atoms with Crippen LogP contribution in [0.3, 0.4) is 0 Å². The fourth-order valence-corrected chi connectivity index (χ4v) is 2.91. The van der Waals surface area contributed by atoms with E-state index in [1.807, 2.05) is 38.1 Å². The van der Waals surface area contributed by atoms with E-state index < -0.39 is 11.7 Å². The molecule has 2 aromatic carbocycles. The molecular formula is C20H20N2O3. The normalized spacial score (nSPS) is 10.7. The van der Waals surface area contributed by atoms with Crippen molar-refractivity contribution in [2.24, 2.45) is 0 Å². The Balaban J connectivity index is 1.93. The van der Waals surface area contributed by atoms with E-state index in [9.17, 15) is 9.59 Å². The third kappa shape index (κ3) is 3.13. The number of ketones is 1. The number of rotatable bonds is 5. The molecule has 0 aliphatic carbocycles. The molecule has 0 aliphatic heterocycles. The lowest BCUT2D eigenvalue weighted by atomic mass is 10.0. The number of benzene rings is 2. The van der Waals surface area contributed by atoms with Crippen LogP contribution in [0.15, 0.2) is 42.6 Å². The number of fused-ring (bicyclic) bond motifs is 1. The quantitative estimate of drug-likeness (QED) is 0.549. The molecule has 1 heterocycles. The van der Waals surface area contributed by atoms with Gasteiger partial charge in [0, 0.05) is 22.8 Å². The summed E-state index contributed by atoms with van der Waals surface area (Å²) in [7, 11) is 1.56. The van der Waals surface area contributed by atoms with E-state index in [1.54, 1.807) is 25.4 Å². The third-order valence-corrected chi connectivity index (χ3v) is 4.32. The molecule has 5 nitrogen and oxygen atoms in total. The SMILES string of the molecule is CCc1cccc(C)c1NC(=O)C(=O)c1c[nH]c2ccc(OC)cc12. The number of ether oxygens (including phenoxy) is 1. The average molecular weight is 336 g/mol. The molecule has 128 valence electrons. The van der Waals surface area contributed by atoms with Crippen molar-refractivity contribution in [3.8, 4) is 5.75 Å². The van der Waals surface area contributed by atoms with E-state index >= 15 is 0 Å². The summed E-state index contributed by atoms with van der Waals surface area (Å²) in [6.07, 6.45) is 2.33. The number of hydrogen-bond acceptors (Lipinski definition) is 3. The van der Waals surface area contributed by atoms with E-state index in [2.05, 4.69) is 10.3 Å². The first kappa shape index (κ1) is 16.8. The lowest BCUT2D eigenvalue weighted by molar-refractivity contribution is -0.112. The molecule has 0 radical (unpaired) electrons. The van der Waals surface area contributed by atoms with Crippen LogP contribution in [0, 0.1) is 6.92 Å². The van der Waals surface area contributed by atoms with Gasteiger partial charge in [-0.15, -0.1) is 0 Å². The minimum absolute atomic E-state index is 0.332. The summed E-state index contributed by atoms with van der Waals surface area (Å²) < 4.78 is 5.20. The largest absolute Gasteiger partial charge is 0.497 e. The van der Waals surface area contributed by atoms with Crippen LogP contribution in [0.25, 0.3) is 10.9 Å². The molecule has 0 fully saturated rings. The lowest BCUT2D eigenvalue weighted by Gasteiger charge is -2.12. The molecule has 3 aromatic rings. The van der Waals surface area contributed by atoms with Crippen molar-refractivity contribution in [2.45, 2.75) is 20.3 Å². The van der Waals surface area contributed by atoms with Gasteiger partial charge in [0.15, 0.2) is 0 Å². The molecule has 25 heavy (non-hydrogen) atoms. The van der Waals surface area contributed by atoms with Gasteiger partial charge in [-0.25, -0.2) is 0 Å². The summed E-state index contributed by atoms with van der Waals surface area (Å²) in [5, 5.41) is 3.44. The van der Waals surface area contributed by atoms with Crippen molar-refractivity contribution in [3.63, 3.8) is 0 Å². The molecule has 3 rings (SSSR count). The second kappa shape index (κ2) is 6.81. The van der Waals surface area contributed by atoms with Crippen molar-refractivity contribution >= 4 is 28.3 Å². The number of aromatic amines is 1. The van der Waals surface area contributed by atoms with Gasteiger partial charge >= 0.3 is 0 Å². The van der Waals surface area contributed by atoms with Gasteiger partial charge < -0.3 is 15.0 Å². The summed E-state index contributed by atoms with van der Waals surface area (Å²) in [6, 6.07) is 11.2. The summed E-state index contributed by atoms with van der Waals surface area (Å²) in [5.74, 6) is -0.591. The van der Waals surface area contributed by atoms with E-state index in [-0.39, 0.29) is 0 Å². The van der Waals surface area contributed by atoms with Crippen LogP contribution in [0.2, 0.25) is 0 Å². The van der Waals surface area contributed by atoms with Crippen molar-refractivity contribution in [3.05, 3.63) is 59.3 Å². The highest BCUT2D eigenvalue weighted by molar-refractivity contribution is 6.48. The fraction of sp³-hybridized carbons (Fsp3) is 0.200. The third-order valence-electron chi connectivity index (χ3n) is 4.32. The zero-order chi connectivity index (χ0) is 18.0. The second-order valence-electron chi connectivity index (χ2n) is 5.86. The van der Waals surface area contributed by atoms with Crippen molar-refractivity contribution in [1.29, 1.82) is 0 Å². The van der Waals surface area contributed by atoms with Crippen LogP contribution in [-0.2, 0) is 11.2 Å². The number of aryl methyl sites for hydroxylation is 2. The zero-order valence-corrected chi connectivity index (χ0v) is 14.5. The maximum atomic E-state index is 12.7. The number of hydrogen-bond donors (Lipinski definition) is 2. The molecule has 2 N–H and O–H groups in total. The Kier molecular flexibility index (Phi) is 4.57. The molecule has 0 unspecified atom stereocenters.